The molecular weight excluding hydrogens is 523 g/mol. The zero-order chi connectivity index (χ0) is 27.6. The minimum atomic E-state index is -5.09. The summed E-state index contributed by atoms with van der Waals surface area (Å²) in [5.41, 5.74) is -2.66. The van der Waals surface area contributed by atoms with Crippen molar-refractivity contribution in [2.24, 2.45) is 46.3 Å². The Bertz CT molecular complexity index is 936. The second-order valence-electron chi connectivity index (χ2n) is 13.5. The zero-order valence-corrected chi connectivity index (χ0v) is 26.4. The Labute approximate surface area is 250 Å². The molecule has 9 nitrogen and oxygen atoms in total. The predicted molar refractivity (Wildman–Crippen MR) is 135 cm³/mol. The van der Waals surface area contributed by atoms with Gasteiger partial charge >= 0.3 is 29.6 Å². The first-order chi connectivity index (χ1) is 17.1. The SMILES string of the molecule is C[C@@H](CO)CCC[C@@H](C)[C@H]1[C@@H](O)[C@H](OS(=O)(=O)[O-])C2C3C[C@@H](O)[C@@]4(O)C[C@@H](O)CC[C@]4(C)C3CC[C@@]21C.[Na+]. The van der Waals surface area contributed by atoms with Crippen molar-refractivity contribution in [3.63, 3.8) is 0 Å². The summed E-state index contributed by atoms with van der Waals surface area (Å²) in [6.45, 7) is 8.19. The number of hydrogen-bond donors (Lipinski definition) is 5. The molecule has 4 fully saturated rings. The third-order valence-electron chi connectivity index (χ3n) is 11.5. The van der Waals surface area contributed by atoms with Crippen molar-refractivity contribution in [2.45, 2.75) is 115 Å². The Balaban J connectivity index is 0.00000400. The molecule has 0 aliphatic heterocycles. The fourth-order valence-electron chi connectivity index (χ4n) is 9.65. The number of fused-ring (bicyclic) bond motifs is 5. The molecule has 4 rings (SSSR count). The van der Waals surface area contributed by atoms with Gasteiger partial charge in [0.25, 0.3) is 0 Å². The molecule has 0 aromatic heterocycles. The van der Waals surface area contributed by atoms with Crippen molar-refractivity contribution in [3.05, 3.63) is 0 Å². The topological polar surface area (TPSA) is 168 Å². The van der Waals surface area contributed by atoms with Gasteiger partial charge in [-0.05, 0) is 79.4 Å². The van der Waals surface area contributed by atoms with Gasteiger partial charge in [0, 0.05) is 18.4 Å². The normalized spacial score (nSPS) is 48.3. The van der Waals surface area contributed by atoms with E-state index in [0.29, 0.717) is 19.3 Å². The molecule has 0 heterocycles. The van der Waals surface area contributed by atoms with E-state index in [1.807, 2.05) is 13.8 Å². The largest absolute Gasteiger partial charge is 1.00 e. The number of aliphatic hydroxyl groups is 5. The molecule has 0 radical (unpaired) electrons. The third kappa shape index (κ3) is 5.55. The first kappa shape index (κ1) is 33.2. The first-order valence-corrected chi connectivity index (χ1v) is 15.4. The van der Waals surface area contributed by atoms with E-state index in [-0.39, 0.29) is 78.6 Å². The Kier molecular flexibility index (Phi) is 10.3. The summed E-state index contributed by atoms with van der Waals surface area (Å²) in [7, 11) is -5.09. The zero-order valence-electron chi connectivity index (χ0n) is 23.6. The number of hydrogen-bond acceptors (Lipinski definition) is 9. The number of rotatable bonds is 8. The van der Waals surface area contributed by atoms with Crippen LogP contribution in [0.2, 0.25) is 0 Å². The van der Waals surface area contributed by atoms with Crippen LogP contribution in [0.15, 0.2) is 0 Å². The molecule has 38 heavy (non-hydrogen) atoms. The quantitative estimate of drug-likeness (QED) is 0.139. The van der Waals surface area contributed by atoms with E-state index in [2.05, 4.69) is 13.8 Å². The predicted octanol–water partition coefficient (Wildman–Crippen LogP) is -1.04. The molecule has 13 atom stereocenters. The van der Waals surface area contributed by atoms with E-state index < -0.39 is 57.2 Å². The van der Waals surface area contributed by atoms with Crippen LogP contribution in [0.3, 0.4) is 0 Å². The van der Waals surface area contributed by atoms with Crippen LogP contribution in [-0.4, -0.2) is 75.1 Å². The van der Waals surface area contributed by atoms with Crippen molar-refractivity contribution in [1.29, 1.82) is 0 Å². The van der Waals surface area contributed by atoms with E-state index in [9.17, 15) is 38.5 Å². The van der Waals surface area contributed by atoms with Crippen molar-refractivity contribution in [1.82, 2.24) is 0 Å². The Morgan fingerprint density at radius 1 is 1.08 bits per heavy atom. The molecule has 0 aromatic carbocycles. The summed E-state index contributed by atoms with van der Waals surface area (Å²) < 4.78 is 40.7. The van der Waals surface area contributed by atoms with Gasteiger partial charge in [0.05, 0.1) is 23.9 Å². The van der Waals surface area contributed by atoms with Gasteiger partial charge in [0.2, 0.25) is 10.4 Å². The molecule has 0 saturated heterocycles. The van der Waals surface area contributed by atoms with Gasteiger partial charge in [-0.2, -0.15) is 0 Å². The van der Waals surface area contributed by atoms with Crippen LogP contribution in [0.5, 0.6) is 0 Å². The number of aliphatic hydroxyl groups excluding tert-OH is 4. The van der Waals surface area contributed by atoms with Crippen molar-refractivity contribution in [3.8, 4) is 0 Å². The van der Waals surface area contributed by atoms with Crippen LogP contribution >= 0.6 is 0 Å². The fraction of sp³-hybridized carbons (Fsp3) is 1.00. The summed E-state index contributed by atoms with van der Waals surface area (Å²) in [5.74, 6) is -0.886. The van der Waals surface area contributed by atoms with Crippen LogP contribution in [0.25, 0.3) is 0 Å². The molecule has 4 saturated carbocycles. The van der Waals surface area contributed by atoms with Crippen molar-refractivity contribution >= 4 is 10.4 Å². The summed E-state index contributed by atoms with van der Waals surface area (Å²) in [5, 5.41) is 54.2. The van der Waals surface area contributed by atoms with Gasteiger partial charge in [0.15, 0.2) is 0 Å². The van der Waals surface area contributed by atoms with Crippen LogP contribution in [0, 0.1) is 46.3 Å². The second-order valence-corrected chi connectivity index (χ2v) is 14.5. The molecule has 0 amide bonds. The second kappa shape index (κ2) is 11.7. The van der Waals surface area contributed by atoms with E-state index in [4.69, 9.17) is 4.18 Å². The summed E-state index contributed by atoms with van der Waals surface area (Å²) >= 11 is 0. The van der Waals surface area contributed by atoms with Gasteiger partial charge in [-0.15, -0.1) is 0 Å². The fourth-order valence-corrected chi connectivity index (χ4v) is 10.2. The van der Waals surface area contributed by atoms with Crippen LogP contribution in [0.4, 0.5) is 0 Å². The van der Waals surface area contributed by atoms with Crippen LogP contribution in [-0.2, 0) is 14.6 Å². The molecule has 216 valence electrons. The molecule has 4 aliphatic carbocycles. The summed E-state index contributed by atoms with van der Waals surface area (Å²) in [4.78, 5) is 0. The molecular formula is C27H47NaO9S. The maximum Gasteiger partial charge on any atom is 1.00 e. The Morgan fingerprint density at radius 2 is 1.74 bits per heavy atom. The average Bonchev–Trinajstić information content (AvgIpc) is 3.00. The van der Waals surface area contributed by atoms with E-state index in [1.54, 1.807) is 0 Å². The van der Waals surface area contributed by atoms with Gasteiger partial charge < -0.3 is 30.1 Å². The third-order valence-corrected chi connectivity index (χ3v) is 11.9. The van der Waals surface area contributed by atoms with Crippen molar-refractivity contribution in [2.75, 3.05) is 6.61 Å². The minimum absolute atomic E-state index is 0. The van der Waals surface area contributed by atoms with E-state index in [1.165, 1.54) is 0 Å². The summed E-state index contributed by atoms with van der Waals surface area (Å²) in [6, 6.07) is 0. The van der Waals surface area contributed by atoms with Gasteiger partial charge in [-0.25, -0.2) is 8.42 Å². The van der Waals surface area contributed by atoms with E-state index >= 15 is 0 Å². The molecule has 0 bridgehead atoms. The molecule has 5 N–H and O–H groups in total. The molecule has 0 aromatic rings. The average molecular weight is 571 g/mol. The van der Waals surface area contributed by atoms with Crippen molar-refractivity contribution < 1.29 is 72.2 Å². The van der Waals surface area contributed by atoms with Crippen LogP contribution in [0.1, 0.15) is 85.5 Å². The molecule has 3 unspecified atom stereocenters. The van der Waals surface area contributed by atoms with Gasteiger partial charge in [-0.3, -0.25) is 4.18 Å². The maximum absolute atomic E-state index is 11.8. The summed E-state index contributed by atoms with van der Waals surface area (Å²) in [6.07, 6.45) is 1.09. The minimum Gasteiger partial charge on any atom is -0.726 e. The van der Waals surface area contributed by atoms with Crippen LogP contribution < -0.4 is 29.6 Å². The smallest absolute Gasteiger partial charge is 0.726 e. The molecule has 4 aliphatic rings. The standard InChI is InChI=1S/C27H48O9S.Na/c1-15(14-28)6-5-7-16(2)21-23(31)24(36-37(33,34)35)22-18-12-20(30)27(32)13-17(29)8-11-26(27,4)19(18)9-10-25(21,22)3;/h15-24,28-32H,5-14H2,1-4H3,(H,33,34,35);/q;+1/p-1/t15-,16-,17+,18?,19?,20-,21+,22?,23-,24-,25-,26-,27+;/m1./s1. The molecule has 0 spiro atoms. The monoisotopic (exact) mass is 570 g/mol. The maximum atomic E-state index is 11.8. The van der Waals surface area contributed by atoms with Gasteiger partial charge in [0.1, 0.15) is 6.10 Å². The first-order valence-electron chi connectivity index (χ1n) is 14.1. The van der Waals surface area contributed by atoms with E-state index in [0.717, 1.165) is 25.7 Å². The molecule has 11 heteroatoms. The Hall–Kier alpha value is 0.670. The van der Waals surface area contributed by atoms with Gasteiger partial charge in [-0.1, -0.05) is 40.5 Å². The Morgan fingerprint density at radius 3 is 2.34 bits per heavy atom.